The van der Waals surface area contributed by atoms with Gasteiger partial charge in [0.05, 0.1) is 16.0 Å². The number of carbonyl (C=O) groups is 3. The fraction of sp³-hybridized carbons (Fsp3) is 0.348. The number of benzene rings is 2. The van der Waals surface area contributed by atoms with Gasteiger partial charge in [-0.05, 0) is 55.2 Å². The third kappa shape index (κ3) is 4.44. The summed E-state index contributed by atoms with van der Waals surface area (Å²) in [4.78, 5) is 39.4. The second-order valence-corrected chi connectivity index (χ2v) is 10.6. The third-order valence-electron chi connectivity index (χ3n) is 5.40. The van der Waals surface area contributed by atoms with Crippen LogP contribution in [0.15, 0.2) is 41.3 Å². The van der Waals surface area contributed by atoms with Gasteiger partial charge in [-0.2, -0.15) is 0 Å². The van der Waals surface area contributed by atoms with Gasteiger partial charge in [0.2, 0.25) is 10.0 Å². The number of sulfonamides is 1. The summed E-state index contributed by atoms with van der Waals surface area (Å²) < 4.78 is 25.9. The van der Waals surface area contributed by atoms with Gasteiger partial charge < -0.3 is 5.32 Å². The van der Waals surface area contributed by atoms with Crippen LogP contribution >= 0.6 is 0 Å². The molecule has 0 bridgehead atoms. The standard InChI is InChI=1S/C23H27N3O5S/c1-14(2)10-11-26-22(28)18-9-7-16(12-19(18)23(26)29)21(27)24-20-13-17(8-6-15(20)3)32(30,31)25(4)5/h6-9,12-14H,10-11H2,1-5H3,(H,24,27). The summed E-state index contributed by atoms with van der Waals surface area (Å²) in [6.45, 7) is 6.11. The molecule has 0 spiro atoms. The van der Waals surface area contributed by atoms with Gasteiger partial charge in [-0.15, -0.1) is 0 Å². The highest BCUT2D eigenvalue weighted by molar-refractivity contribution is 7.89. The van der Waals surface area contributed by atoms with Crippen LogP contribution in [0.2, 0.25) is 0 Å². The summed E-state index contributed by atoms with van der Waals surface area (Å²) in [5.41, 5.74) is 1.72. The molecule has 3 rings (SSSR count). The van der Waals surface area contributed by atoms with E-state index in [-0.39, 0.29) is 27.5 Å². The maximum Gasteiger partial charge on any atom is 0.261 e. The van der Waals surface area contributed by atoms with Crippen LogP contribution < -0.4 is 5.32 Å². The van der Waals surface area contributed by atoms with E-state index in [4.69, 9.17) is 0 Å². The minimum absolute atomic E-state index is 0.0546. The zero-order valence-corrected chi connectivity index (χ0v) is 19.6. The van der Waals surface area contributed by atoms with Crippen molar-refractivity contribution in [1.82, 2.24) is 9.21 Å². The summed E-state index contributed by atoms with van der Waals surface area (Å²) in [7, 11) is -0.799. The fourth-order valence-electron chi connectivity index (χ4n) is 3.32. The number of amides is 3. The Morgan fingerprint density at radius 3 is 2.31 bits per heavy atom. The first-order valence-corrected chi connectivity index (χ1v) is 11.7. The summed E-state index contributed by atoms with van der Waals surface area (Å²) in [6, 6.07) is 8.88. The first kappa shape index (κ1) is 23.6. The Kier molecular flexibility index (Phi) is 6.52. The molecular weight excluding hydrogens is 430 g/mol. The van der Waals surface area contributed by atoms with E-state index >= 15 is 0 Å². The Bertz CT molecular complexity index is 1200. The molecule has 9 heteroatoms. The molecule has 0 aliphatic carbocycles. The van der Waals surface area contributed by atoms with Crippen molar-refractivity contribution in [2.45, 2.75) is 32.1 Å². The molecule has 3 amide bonds. The van der Waals surface area contributed by atoms with Crippen molar-refractivity contribution in [3.05, 3.63) is 58.7 Å². The molecule has 0 saturated heterocycles. The highest BCUT2D eigenvalue weighted by Crippen LogP contribution is 2.26. The molecule has 170 valence electrons. The quantitative estimate of drug-likeness (QED) is 0.644. The lowest BCUT2D eigenvalue weighted by molar-refractivity contribution is 0.0647. The number of fused-ring (bicyclic) bond motifs is 1. The Hall–Kier alpha value is -3.04. The van der Waals surface area contributed by atoms with Crippen LogP contribution in [-0.4, -0.2) is 56.0 Å². The maximum atomic E-state index is 12.9. The third-order valence-corrected chi connectivity index (χ3v) is 7.21. The molecule has 1 N–H and O–H groups in total. The molecule has 0 fully saturated rings. The first-order chi connectivity index (χ1) is 14.9. The SMILES string of the molecule is Cc1ccc(S(=O)(=O)N(C)C)cc1NC(=O)c1ccc2c(c1)C(=O)N(CCC(C)C)C2=O. The number of carbonyl (C=O) groups excluding carboxylic acids is 3. The number of anilines is 1. The van der Waals surface area contributed by atoms with Crippen LogP contribution in [-0.2, 0) is 10.0 Å². The molecule has 1 heterocycles. The molecule has 0 unspecified atom stereocenters. The highest BCUT2D eigenvalue weighted by Gasteiger charge is 2.35. The van der Waals surface area contributed by atoms with E-state index in [1.165, 1.54) is 49.3 Å². The zero-order chi connectivity index (χ0) is 23.8. The molecule has 0 saturated carbocycles. The van der Waals surface area contributed by atoms with Gasteiger partial charge in [-0.3, -0.25) is 19.3 Å². The van der Waals surface area contributed by atoms with Crippen LogP contribution in [0.3, 0.4) is 0 Å². The lowest BCUT2D eigenvalue weighted by Gasteiger charge is -2.15. The lowest BCUT2D eigenvalue weighted by Crippen LogP contribution is -2.31. The van der Waals surface area contributed by atoms with E-state index < -0.39 is 21.8 Å². The van der Waals surface area contributed by atoms with Gasteiger partial charge >= 0.3 is 0 Å². The average molecular weight is 458 g/mol. The number of imide groups is 1. The highest BCUT2D eigenvalue weighted by atomic mass is 32.2. The Morgan fingerprint density at radius 2 is 1.69 bits per heavy atom. The molecule has 2 aromatic carbocycles. The number of hydrogen-bond donors (Lipinski definition) is 1. The number of nitrogens with one attached hydrogen (secondary N) is 1. The second-order valence-electron chi connectivity index (χ2n) is 8.42. The van der Waals surface area contributed by atoms with Gasteiger partial charge in [-0.25, -0.2) is 12.7 Å². The fourth-order valence-corrected chi connectivity index (χ4v) is 4.25. The number of rotatable bonds is 7. The topological polar surface area (TPSA) is 104 Å². The molecule has 0 radical (unpaired) electrons. The van der Waals surface area contributed by atoms with E-state index in [0.29, 0.717) is 30.1 Å². The van der Waals surface area contributed by atoms with E-state index in [1.807, 2.05) is 13.8 Å². The minimum Gasteiger partial charge on any atom is -0.322 e. The van der Waals surface area contributed by atoms with Crippen LogP contribution in [0.5, 0.6) is 0 Å². The van der Waals surface area contributed by atoms with Crippen LogP contribution in [0.4, 0.5) is 5.69 Å². The summed E-state index contributed by atoms with van der Waals surface area (Å²) in [5.74, 6) is -0.919. The number of nitrogens with zero attached hydrogens (tertiary/aromatic N) is 2. The molecule has 32 heavy (non-hydrogen) atoms. The van der Waals surface area contributed by atoms with E-state index in [9.17, 15) is 22.8 Å². The van der Waals surface area contributed by atoms with Crippen molar-refractivity contribution in [2.24, 2.45) is 5.92 Å². The average Bonchev–Trinajstić information content (AvgIpc) is 2.97. The molecule has 1 aliphatic heterocycles. The first-order valence-electron chi connectivity index (χ1n) is 10.3. The molecule has 2 aromatic rings. The Labute approximate surface area is 188 Å². The Morgan fingerprint density at radius 1 is 1.03 bits per heavy atom. The van der Waals surface area contributed by atoms with Crippen LogP contribution in [0.1, 0.15) is 56.9 Å². The molecule has 0 atom stereocenters. The maximum absolute atomic E-state index is 12.9. The molecular formula is C23H27N3O5S. The predicted molar refractivity (Wildman–Crippen MR) is 121 cm³/mol. The lowest BCUT2D eigenvalue weighted by atomic mass is 10.0. The Balaban J connectivity index is 1.86. The number of aryl methyl sites for hydroxylation is 1. The van der Waals surface area contributed by atoms with Crippen molar-refractivity contribution in [3.63, 3.8) is 0 Å². The second kappa shape index (κ2) is 8.84. The molecule has 1 aliphatic rings. The number of hydrogen-bond acceptors (Lipinski definition) is 5. The van der Waals surface area contributed by atoms with E-state index in [2.05, 4.69) is 5.32 Å². The molecule has 8 nitrogen and oxygen atoms in total. The zero-order valence-electron chi connectivity index (χ0n) is 18.8. The van der Waals surface area contributed by atoms with Crippen molar-refractivity contribution in [3.8, 4) is 0 Å². The van der Waals surface area contributed by atoms with Crippen molar-refractivity contribution >= 4 is 33.4 Å². The van der Waals surface area contributed by atoms with Gasteiger partial charge in [0.25, 0.3) is 17.7 Å². The van der Waals surface area contributed by atoms with Crippen molar-refractivity contribution in [1.29, 1.82) is 0 Å². The smallest absolute Gasteiger partial charge is 0.261 e. The summed E-state index contributed by atoms with van der Waals surface area (Å²) in [5, 5.41) is 2.71. The monoisotopic (exact) mass is 457 g/mol. The van der Waals surface area contributed by atoms with Gasteiger partial charge in [-0.1, -0.05) is 19.9 Å². The van der Waals surface area contributed by atoms with E-state index in [0.717, 1.165) is 4.31 Å². The van der Waals surface area contributed by atoms with Crippen molar-refractivity contribution in [2.75, 3.05) is 26.0 Å². The summed E-state index contributed by atoms with van der Waals surface area (Å²) in [6.07, 6.45) is 0.699. The largest absolute Gasteiger partial charge is 0.322 e. The van der Waals surface area contributed by atoms with Gasteiger partial charge in [0, 0.05) is 31.9 Å². The molecule has 0 aromatic heterocycles. The van der Waals surface area contributed by atoms with Gasteiger partial charge in [0.15, 0.2) is 0 Å². The minimum atomic E-state index is -3.66. The van der Waals surface area contributed by atoms with Crippen LogP contribution in [0, 0.1) is 12.8 Å². The normalized spacial score (nSPS) is 13.8. The summed E-state index contributed by atoms with van der Waals surface area (Å²) >= 11 is 0. The van der Waals surface area contributed by atoms with Crippen molar-refractivity contribution < 1.29 is 22.8 Å². The van der Waals surface area contributed by atoms with Gasteiger partial charge in [0.1, 0.15) is 0 Å². The van der Waals surface area contributed by atoms with Crippen LogP contribution in [0.25, 0.3) is 0 Å². The van der Waals surface area contributed by atoms with E-state index in [1.54, 1.807) is 13.0 Å². The predicted octanol–water partition coefficient (Wildman–Crippen LogP) is 3.14.